The maximum absolute atomic E-state index is 15.0. The molecule has 0 fully saturated rings. The molecule has 152 valence electrons. The second-order valence-electron chi connectivity index (χ2n) is 8.12. The fourth-order valence-electron chi connectivity index (χ4n) is 3.72. The van der Waals surface area contributed by atoms with Crippen LogP contribution in [0.2, 0.25) is 0 Å². The number of hydrogen-bond acceptors (Lipinski definition) is 4. The van der Waals surface area contributed by atoms with Crippen LogP contribution in [-0.2, 0) is 13.0 Å². The number of benzene rings is 1. The topological polar surface area (TPSA) is 71.8 Å². The standard InChI is InChI=1S/C22H26FN5O/c1-12(2)19-9-16(17-11-25-28(13(3)4)21(17)26-19)22(29)27-18-6-5-14-10-24-8-7-15(14)20(18)23/h5-6,9,11-13,24H,7-8,10H2,1-4H3,(H,27,29). The maximum atomic E-state index is 15.0. The molecule has 7 heteroatoms. The molecule has 0 atom stereocenters. The van der Waals surface area contributed by atoms with E-state index in [1.165, 1.54) is 0 Å². The number of amides is 1. The van der Waals surface area contributed by atoms with E-state index in [9.17, 15) is 9.18 Å². The molecule has 0 spiro atoms. The van der Waals surface area contributed by atoms with Crippen LogP contribution in [0.25, 0.3) is 11.0 Å². The van der Waals surface area contributed by atoms with Crippen molar-refractivity contribution in [3.8, 4) is 0 Å². The molecule has 0 radical (unpaired) electrons. The van der Waals surface area contributed by atoms with E-state index in [-0.39, 0.29) is 29.4 Å². The van der Waals surface area contributed by atoms with Crippen LogP contribution in [0.4, 0.5) is 10.1 Å². The van der Waals surface area contributed by atoms with Crippen molar-refractivity contribution in [2.75, 3.05) is 11.9 Å². The first-order valence-corrected chi connectivity index (χ1v) is 10.1. The zero-order valence-corrected chi connectivity index (χ0v) is 17.2. The van der Waals surface area contributed by atoms with Crippen LogP contribution in [0.15, 0.2) is 24.4 Å². The fraction of sp³-hybridized carbons (Fsp3) is 0.409. The molecule has 2 N–H and O–H groups in total. The fourth-order valence-corrected chi connectivity index (χ4v) is 3.72. The predicted octanol–water partition coefficient (Wildman–Crippen LogP) is 4.17. The molecule has 4 rings (SSSR count). The average Bonchev–Trinajstić information content (AvgIpc) is 3.13. The van der Waals surface area contributed by atoms with Gasteiger partial charge >= 0.3 is 0 Å². The lowest BCUT2D eigenvalue weighted by atomic mass is 9.99. The lowest BCUT2D eigenvalue weighted by Gasteiger charge is -2.19. The van der Waals surface area contributed by atoms with E-state index < -0.39 is 0 Å². The molecule has 2 aromatic heterocycles. The summed E-state index contributed by atoms with van der Waals surface area (Å²) in [6, 6.07) is 5.41. The van der Waals surface area contributed by atoms with Gasteiger partial charge in [0.15, 0.2) is 5.65 Å². The molecular weight excluding hydrogens is 369 g/mol. The van der Waals surface area contributed by atoms with Crippen LogP contribution in [0.5, 0.6) is 0 Å². The number of carbonyl (C=O) groups is 1. The number of fused-ring (bicyclic) bond motifs is 2. The molecule has 29 heavy (non-hydrogen) atoms. The van der Waals surface area contributed by atoms with Crippen molar-refractivity contribution >= 4 is 22.6 Å². The molecular formula is C22H26FN5O. The normalized spacial score (nSPS) is 13.9. The van der Waals surface area contributed by atoms with Crippen LogP contribution >= 0.6 is 0 Å². The van der Waals surface area contributed by atoms with Crippen molar-refractivity contribution in [1.29, 1.82) is 0 Å². The molecule has 0 aliphatic carbocycles. The van der Waals surface area contributed by atoms with E-state index >= 15 is 0 Å². The largest absolute Gasteiger partial charge is 0.319 e. The van der Waals surface area contributed by atoms with Crippen LogP contribution in [-0.4, -0.2) is 27.2 Å². The molecule has 0 saturated heterocycles. The second-order valence-corrected chi connectivity index (χ2v) is 8.12. The summed E-state index contributed by atoms with van der Waals surface area (Å²) in [6.45, 7) is 9.49. The maximum Gasteiger partial charge on any atom is 0.256 e. The van der Waals surface area contributed by atoms with Gasteiger partial charge in [-0.05, 0) is 56.0 Å². The Morgan fingerprint density at radius 1 is 1.28 bits per heavy atom. The number of nitrogens with one attached hydrogen (secondary N) is 2. The van der Waals surface area contributed by atoms with Crippen LogP contribution in [0.3, 0.4) is 0 Å². The SMILES string of the molecule is CC(C)c1cc(C(=O)Nc2ccc3c(c2F)CCNC3)c2cnn(C(C)C)c2n1. The van der Waals surface area contributed by atoms with Crippen molar-refractivity contribution in [3.05, 3.63) is 52.6 Å². The van der Waals surface area contributed by atoms with E-state index in [1.54, 1.807) is 18.3 Å². The van der Waals surface area contributed by atoms with Gasteiger partial charge in [0.05, 0.1) is 22.8 Å². The Morgan fingerprint density at radius 3 is 2.79 bits per heavy atom. The van der Waals surface area contributed by atoms with Crippen molar-refractivity contribution in [1.82, 2.24) is 20.1 Å². The Balaban J connectivity index is 1.76. The molecule has 3 aromatic rings. The highest BCUT2D eigenvalue weighted by Gasteiger charge is 2.22. The Kier molecular flexibility index (Phi) is 5.08. The smallest absolute Gasteiger partial charge is 0.256 e. The first-order chi connectivity index (χ1) is 13.9. The Hall–Kier alpha value is -2.80. The van der Waals surface area contributed by atoms with Crippen molar-refractivity contribution in [2.24, 2.45) is 0 Å². The zero-order valence-electron chi connectivity index (χ0n) is 17.2. The van der Waals surface area contributed by atoms with E-state index in [2.05, 4.69) is 15.7 Å². The lowest BCUT2D eigenvalue weighted by Crippen LogP contribution is -2.25. The monoisotopic (exact) mass is 395 g/mol. The average molecular weight is 395 g/mol. The zero-order chi connectivity index (χ0) is 20.7. The number of anilines is 1. The molecule has 1 aliphatic heterocycles. The molecule has 0 bridgehead atoms. The third-order valence-electron chi connectivity index (χ3n) is 5.37. The minimum absolute atomic E-state index is 0.116. The third kappa shape index (κ3) is 3.51. The van der Waals surface area contributed by atoms with Gasteiger partial charge in [-0.2, -0.15) is 5.10 Å². The van der Waals surface area contributed by atoms with Crippen LogP contribution in [0, 0.1) is 5.82 Å². The van der Waals surface area contributed by atoms with Gasteiger partial charge in [-0.1, -0.05) is 19.9 Å². The lowest BCUT2D eigenvalue weighted by molar-refractivity contribution is 0.102. The quantitative estimate of drug-likeness (QED) is 0.695. The van der Waals surface area contributed by atoms with Gasteiger partial charge in [-0.15, -0.1) is 0 Å². The Labute approximate surface area is 169 Å². The Bertz CT molecular complexity index is 1090. The molecule has 1 aromatic carbocycles. The molecule has 0 unspecified atom stereocenters. The van der Waals surface area contributed by atoms with E-state index in [1.807, 2.05) is 38.4 Å². The summed E-state index contributed by atoms with van der Waals surface area (Å²) in [5.74, 6) is -0.547. The number of hydrogen-bond donors (Lipinski definition) is 2. The van der Waals surface area contributed by atoms with E-state index in [0.717, 1.165) is 17.8 Å². The summed E-state index contributed by atoms with van der Waals surface area (Å²) in [7, 11) is 0. The number of halogens is 1. The minimum Gasteiger partial charge on any atom is -0.319 e. The van der Waals surface area contributed by atoms with Gasteiger partial charge in [-0.25, -0.2) is 14.1 Å². The van der Waals surface area contributed by atoms with Crippen LogP contribution in [0.1, 0.15) is 66.8 Å². The van der Waals surface area contributed by atoms with Gasteiger partial charge < -0.3 is 10.6 Å². The van der Waals surface area contributed by atoms with Gasteiger partial charge in [0.2, 0.25) is 0 Å². The van der Waals surface area contributed by atoms with Crippen molar-refractivity contribution < 1.29 is 9.18 Å². The summed E-state index contributed by atoms with van der Waals surface area (Å²) >= 11 is 0. The summed E-state index contributed by atoms with van der Waals surface area (Å²) in [6.07, 6.45) is 2.28. The van der Waals surface area contributed by atoms with Crippen molar-refractivity contribution in [2.45, 2.75) is 52.6 Å². The van der Waals surface area contributed by atoms with E-state index in [4.69, 9.17) is 4.98 Å². The highest BCUT2D eigenvalue weighted by Crippen LogP contribution is 2.28. The van der Waals surface area contributed by atoms with Gasteiger partial charge in [0, 0.05) is 18.3 Å². The highest BCUT2D eigenvalue weighted by atomic mass is 19.1. The third-order valence-corrected chi connectivity index (χ3v) is 5.37. The molecule has 6 nitrogen and oxygen atoms in total. The Morgan fingerprint density at radius 2 is 2.07 bits per heavy atom. The number of pyridine rings is 1. The summed E-state index contributed by atoms with van der Waals surface area (Å²) in [4.78, 5) is 17.9. The van der Waals surface area contributed by atoms with Gasteiger partial charge in [0.25, 0.3) is 5.91 Å². The number of rotatable bonds is 4. The number of aromatic nitrogens is 3. The predicted molar refractivity (Wildman–Crippen MR) is 112 cm³/mol. The van der Waals surface area contributed by atoms with Crippen LogP contribution < -0.4 is 10.6 Å². The van der Waals surface area contributed by atoms with Gasteiger partial charge in [-0.3, -0.25) is 4.79 Å². The molecule has 1 aliphatic rings. The highest BCUT2D eigenvalue weighted by molar-refractivity contribution is 6.12. The van der Waals surface area contributed by atoms with Crippen molar-refractivity contribution in [3.63, 3.8) is 0 Å². The first kappa shape index (κ1) is 19.5. The second kappa shape index (κ2) is 7.55. The summed E-state index contributed by atoms with van der Waals surface area (Å²) < 4.78 is 16.8. The van der Waals surface area contributed by atoms with E-state index in [0.29, 0.717) is 35.1 Å². The molecule has 3 heterocycles. The minimum atomic E-state index is -0.351. The number of nitrogens with zero attached hydrogens (tertiary/aromatic N) is 3. The number of carbonyl (C=O) groups excluding carboxylic acids is 1. The molecule has 1 amide bonds. The summed E-state index contributed by atoms with van der Waals surface area (Å²) in [5, 5.41) is 11.1. The van der Waals surface area contributed by atoms with Gasteiger partial charge in [0.1, 0.15) is 5.82 Å². The first-order valence-electron chi connectivity index (χ1n) is 10.1. The summed E-state index contributed by atoms with van der Waals surface area (Å²) in [5.41, 5.74) is 3.78. The molecule has 0 saturated carbocycles.